The van der Waals surface area contributed by atoms with Crippen LogP contribution in [-0.2, 0) is 20.0 Å². The Labute approximate surface area is 152 Å². The van der Waals surface area contributed by atoms with Crippen LogP contribution < -0.4 is 10.5 Å². The van der Waals surface area contributed by atoms with Gasteiger partial charge in [-0.05, 0) is 37.5 Å². The van der Waals surface area contributed by atoms with E-state index in [1.807, 2.05) is 13.2 Å². The molecular weight excluding hydrogens is 390 g/mol. The molecule has 3 N–H and O–H groups in total. The molecule has 0 bridgehead atoms. The van der Waals surface area contributed by atoms with Gasteiger partial charge in [0, 0.05) is 24.7 Å². The number of thiophene rings is 1. The van der Waals surface area contributed by atoms with Crippen LogP contribution in [0.4, 0.5) is 0 Å². The molecule has 24 heavy (non-hydrogen) atoms. The number of thioether (sulfide) groups is 1. The Bertz CT molecular complexity index is 773. The van der Waals surface area contributed by atoms with E-state index in [1.54, 1.807) is 11.8 Å². The molecule has 0 amide bonds. The average molecular weight is 414 g/mol. The van der Waals surface area contributed by atoms with Crippen molar-refractivity contribution in [2.75, 3.05) is 31.6 Å². The largest absolute Gasteiger partial charge is 0.309 e. The Kier molecular flexibility index (Phi) is 6.73. The molecule has 0 spiro atoms. The fraction of sp³-hybridized carbons (Fsp3) is 0.692. The van der Waals surface area contributed by atoms with Crippen molar-refractivity contribution in [2.45, 2.75) is 34.2 Å². The normalized spacial score (nSPS) is 20.9. The summed E-state index contributed by atoms with van der Waals surface area (Å²) in [6.45, 7) is 3.33. The summed E-state index contributed by atoms with van der Waals surface area (Å²) in [6.07, 6.45) is 3.74. The van der Waals surface area contributed by atoms with E-state index in [1.165, 1.54) is 10.4 Å². The Hall–Kier alpha value is -0.170. The lowest BCUT2D eigenvalue weighted by atomic mass is 10.1. The zero-order valence-electron chi connectivity index (χ0n) is 13.7. The molecule has 0 aromatic carbocycles. The molecule has 2 rings (SSSR count). The second kappa shape index (κ2) is 8.02. The molecule has 1 atom stereocenters. The molecule has 1 aromatic heterocycles. The number of hydrogen-bond acceptors (Lipinski definition) is 7. The van der Waals surface area contributed by atoms with Crippen LogP contribution in [-0.4, -0.2) is 52.8 Å². The number of nitrogens with two attached hydrogens (primary N) is 1. The van der Waals surface area contributed by atoms with Crippen LogP contribution >= 0.6 is 23.1 Å². The first-order valence-electron chi connectivity index (χ1n) is 7.60. The highest BCUT2D eigenvalue weighted by Gasteiger charge is 2.39. The molecule has 0 aliphatic carbocycles. The number of rotatable bonds is 8. The van der Waals surface area contributed by atoms with Crippen molar-refractivity contribution in [1.29, 1.82) is 0 Å². The summed E-state index contributed by atoms with van der Waals surface area (Å²) in [4.78, 5) is 0. The van der Waals surface area contributed by atoms with Crippen LogP contribution in [0.1, 0.15) is 31.4 Å². The molecule has 0 saturated carbocycles. The van der Waals surface area contributed by atoms with Crippen molar-refractivity contribution >= 4 is 43.1 Å². The highest BCUT2D eigenvalue weighted by molar-refractivity contribution is 7.98. The quantitative estimate of drug-likeness (QED) is 0.620. The summed E-state index contributed by atoms with van der Waals surface area (Å²) >= 11 is 2.47. The second-order valence-electron chi connectivity index (χ2n) is 5.53. The van der Waals surface area contributed by atoms with Crippen molar-refractivity contribution in [3.8, 4) is 0 Å². The molecule has 2 heterocycles. The lowest BCUT2D eigenvalue weighted by molar-refractivity contribution is 0.340. The third-order valence-corrected chi connectivity index (χ3v) is 9.44. The van der Waals surface area contributed by atoms with Crippen molar-refractivity contribution in [3.63, 3.8) is 0 Å². The standard InChI is InChI=1S/C13H23N3O4S4/c1-3-15-11-9-16(6-4-5-7-21-2)24(19,20)13-10(11)8-12(22-13)23(14,17)18/h8,11,15H,3-7,9H2,1-2H3,(H2,14,17,18). The van der Waals surface area contributed by atoms with Gasteiger partial charge in [-0.25, -0.2) is 22.0 Å². The van der Waals surface area contributed by atoms with Gasteiger partial charge in [-0.3, -0.25) is 0 Å². The zero-order chi connectivity index (χ0) is 18.0. The maximum absolute atomic E-state index is 12.8. The van der Waals surface area contributed by atoms with E-state index in [9.17, 15) is 16.8 Å². The number of sulfonamides is 2. The number of likely N-dealkylation sites (N-methyl/N-ethyl adjacent to an activating group) is 1. The molecule has 1 unspecified atom stereocenters. The number of primary sulfonamides is 1. The van der Waals surface area contributed by atoms with Crippen LogP contribution in [0.5, 0.6) is 0 Å². The minimum absolute atomic E-state index is 0.0913. The van der Waals surface area contributed by atoms with E-state index in [2.05, 4.69) is 5.32 Å². The summed E-state index contributed by atoms with van der Waals surface area (Å²) in [6, 6.07) is 1.17. The van der Waals surface area contributed by atoms with Crippen LogP contribution in [0.2, 0.25) is 0 Å². The van der Waals surface area contributed by atoms with Crippen LogP contribution in [0, 0.1) is 0 Å². The van der Waals surface area contributed by atoms with Gasteiger partial charge in [-0.1, -0.05) is 6.92 Å². The predicted molar refractivity (Wildman–Crippen MR) is 98.5 cm³/mol. The smallest absolute Gasteiger partial charge is 0.252 e. The first-order chi connectivity index (χ1) is 11.2. The first-order valence-corrected chi connectivity index (χ1v) is 12.8. The van der Waals surface area contributed by atoms with E-state index in [-0.39, 0.29) is 14.5 Å². The van der Waals surface area contributed by atoms with Gasteiger partial charge in [-0.2, -0.15) is 16.1 Å². The highest BCUT2D eigenvalue weighted by Crippen LogP contribution is 2.39. The molecule has 1 aliphatic rings. The van der Waals surface area contributed by atoms with Crippen molar-refractivity contribution < 1.29 is 16.8 Å². The van der Waals surface area contributed by atoms with Gasteiger partial charge in [0.15, 0.2) is 0 Å². The Morgan fingerprint density at radius 2 is 2.17 bits per heavy atom. The summed E-state index contributed by atoms with van der Waals surface area (Å²) in [5, 5.41) is 8.41. The summed E-state index contributed by atoms with van der Waals surface area (Å²) < 4.78 is 50.3. The van der Waals surface area contributed by atoms with Gasteiger partial charge in [0.25, 0.3) is 10.0 Å². The van der Waals surface area contributed by atoms with Gasteiger partial charge in [0.1, 0.15) is 8.42 Å². The van der Waals surface area contributed by atoms with Crippen molar-refractivity contribution in [2.24, 2.45) is 5.14 Å². The van der Waals surface area contributed by atoms with E-state index in [0.717, 1.165) is 29.9 Å². The monoisotopic (exact) mass is 413 g/mol. The third kappa shape index (κ3) is 4.32. The minimum atomic E-state index is -3.92. The van der Waals surface area contributed by atoms with Crippen LogP contribution in [0.25, 0.3) is 0 Å². The summed E-state index contributed by atoms with van der Waals surface area (Å²) in [7, 11) is -7.60. The average Bonchev–Trinajstić information content (AvgIpc) is 2.95. The van der Waals surface area contributed by atoms with Gasteiger partial charge in [0.2, 0.25) is 10.0 Å². The molecule has 138 valence electrons. The van der Waals surface area contributed by atoms with Gasteiger partial charge in [0.05, 0.1) is 0 Å². The number of nitrogens with zero attached hydrogens (tertiary/aromatic N) is 1. The second-order valence-corrected chi connectivity index (χ2v) is 11.5. The summed E-state index contributed by atoms with van der Waals surface area (Å²) in [5.41, 5.74) is 0.506. The van der Waals surface area contributed by atoms with E-state index in [0.29, 0.717) is 25.2 Å². The molecule has 0 saturated heterocycles. The number of unbranched alkanes of at least 4 members (excludes halogenated alkanes) is 1. The number of nitrogens with one attached hydrogen (secondary N) is 1. The van der Waals surface area contributed by atoms with Crippen LogP contribution in [0.3, 0.4) is 0 Å². The molecule has 1 aliphatic heterocycles. The Morgan fingerprint density at radius 1 is 1.46 bits per heavy atom. The molecule has 1 aromatic rings. The lowest BCUT2D eigenvalue weighted by Crippen LogP contribution is -2.43. The van der Waals surface area contributed by atoms with E-state index >= 15 is 0 Å². The maximum Gasteiger partial charge on any atom is 0.252 e. The molecule has 11 heteroatoms. The Balaban J connectivity index is 2.36. The molecule has 0 fully saturated rings. The molecule has 7 nitrogen and oxygen atoms in total. The minimum Gasteiger partial charge on any atom is -0.309 e. The number of hydrogen-bond donors (Lipinski definition) is 2. The SMILES string of the molecule is CCNC1CN(CCCCSC)S(=O)(=O)c2sc(S(N)(=O)=O)cc21. The Morgan fingerprint density at radius 3 is 2.75 bits per heavy atom. The van der Waals surface area contributed by atoms with Gasteiger partial charge >= 0.3 is 0 Å². The predicted octanol–water partition coefficient (Wildman–Crippen LogP) is 1.19. The molecule has 0 radical (unpaired) electrons. The zero-order valence-corrected chi connectivity index (χ0v) is 17.0. The topological polar surface area (TPSA) is 110 Å². The highest BCUT2D eigenvalue weighted by atomic mass is 32.3. The van der Waals surface area contributed by atoms with Gasteiger partial charge in [-0.15, -0.1) is 11.3 Å². The lowest BCUT2D eigenvalue weighted by Gasteiger charge is -2.32. The first kappa shape index (κ1) is 20.1. The molecular formula is C13H23N3O4S4. The van der Waals surface area contributed by atoms with Crippen molar-refractivity contribution in [3.05, 3.63) is 11.6 Å². The van der Waals surface area contributed by atoms with Crippen LogP contribution in [0.15, 0.2) is 14.5 Å². The third-order valence-electron chi connectivity index (χ3n) is 3.78. The van der Waals surface area contributed by atoms with Gasteiger partial charge < -0.3 is 5.32 Å². The number of fused-ring (bicyclic) bond motifs is 1. The van der Waals surface area contributed by atoms with E-state index < -0.39 is 20.0 Å². The fourth-order valence-corrected chi connectivity index (χ4v) is 7.43. The summed E-state index contributed by atoms with van der Waals surface area (Å²) in [5.74, 6) is 0.990. The maximum atomic E-state index is 12.8. The van der Waals surface area contributed by atoms with Crippen molar-refractivity contribution in [1.82, 2.24) is 9.62 Å². The van der Waals surface area contributed by atoms with E-state index in [4.69, 9.17) is 5.14 Å². The fourth-order valence-electron chi connectivity index (χ4n) is 2.63.